The van der Waals surface area contributed by atoms with Crippen LogP contribution >= 0.6 is 23.4 Å². The largest absolute Gasteiger partial charge is 0.377 e. The first-order valence-electron chi connectivity index (χ1n) is 5.66. The Bertz CT molecular complexity index is 581. The van der Waals surface area contributed by atoms with E-state index in [-0.39, 0.29) is 6.61 Å². The summed E-state index contributed by atoms with van der Waals surface area (Å²) >= 11 is 6.43. The second-order valence-corrected chi connectivity index (χ2v) is 5.28. The maximum atomic E-state index is 12.2. The second-order valence-electron chi connectivity index (χ2n) is 3.83. The summed E-state index contributed by atoms with van der Waals surface area (Å²) in [4.78, 5) is 8.84. The van der Waals surface area contributed by atoms with Crippen LogP contribution in [0.5, 0.6) is 0 Å². The number of aromatic nitrogens is 2. The maximum Gasteiger partial charge on any atom is 0.288 e. The highest BCUT2D eigenvalue weighted by Gasteiger charge is 2.08. The van der Waals surface area contributed by atoms with Gasteiger partial charge in [0.15, 0.2) is 5.82 Å². The summed E-state index contributed by atoms with van der Waals surface area (Å²) in [6, 6.07) is 8.31. The molecule has 0 fully saturated rings. The summed E-state index contributed by atoms with van der Waals surface area (Å²) in [5.41, 5.74) is 1.41. The minimum absolute atomic E-state index is 0.257. The van der Waals surface area contributed by atoms with E-state index in [2.05, 4.69) is 9.97 Å². The van der Waals surface area contributed by atoms with Crippen LogP contribution in [0.25, 0.3) is 11.3 Å². The zero-order valence-electron chi connectivity index (χ0n) is 10.5. The van der Waals surface area contributed by atoms with E-state index in [0.29, 0.717) is 33.3 Å². The van der Waals surface area contributed by atoms with Crippen molar-refractivity contribution in [1.82, 2.24) is 9.97 Å². The number of rotatable bonds is 5. The normalized spacial score (nSPS) is 11.1. The summed E-state index contributed by atoms with van der Waals surface area (Å²) in [6.07, 6.45) is 0. The van der Waals surface area contributed by atoms with Gasteiger partial charge in [0.05, 0.1) is 5.69 Å². The first kappa shape index (κ1) is 15.2. The van der Waals surface area contributed by atoms with Crippen LogP contribution in [-0.4, -0.2) is 22.8 Å². The molecular weight excluding hydrogens is 306 g/mol. The molecule has 0 saturated heterocycles. The Morgan fingerprint density at radius 1 is 1.25 bits per heavy atom. The molecule has 0 aliphatic rings. The van der Waals surface area contributed by atoms with E-state index < -0.39 is 5.76 Å². The van der Waals surface area contributed by atoms with Crippen LogP contribution in [0.4, 0.5) is 8.78 Å². The van der Waals surface area contributed by atoms with Crippen molar-refractivity contribution in [3.05, 3.63) is 41.3 Å². The molecule has 0 unspecified atom stereocenters. The Labute approximate surface area is 124 Å². The lowest BCUT2D eigenvalue weighted by Gasteiger charge is -2.06. The van der Waals surface area contributed by atoms with Crippen LogP contribution in [0.15, 0.2) is 35.2 Å². The van der Waals surface area contributed by atoms with Gasteiger partial charge in [-0.1, -0.05) is 35.5 Å². The minimum Gasteiger partial charge on any atom is -0.377 e. The molecule has 0 radical (unpaired) electrons. The highest BCUT2D eigenvalue weighted by Crippen LogP contribution is 2.28. The molecule has 0 saturated carbocycles. The molecular formula is C13H11ClF2N2OS. The van der Waals surface area contributed by atoms with E-state index in [1.165, 1.54) is 0 Å². The number of thioether (sulfide) groups is 1. The average Bonchev–Trinajstić information content (AvgIpc) is 2.38. The van der Waals surface area contributed by atoms with E-state index in [4.69, 9.17) is 16.3 Å². The molecule has 0 amide bonds. The third-order valence-corrected chi connectivity index (χ3v) is 3.31. The maximum absolute atomic E-state index is 12.2. The van der Waals surface area contributed by atoms with Crippen molar-refractivity contribution in [2.45, 2.75) is 17.3 Å². The predicted octanol–water partition coefficient (Wildman–Crippen LogP) is 4.26. The predicted molar refractivity (Wildman–Crippen MR) is 75.1 cm³/mol. The molecule has 2 aromatic rings. The Balaban J connectivity index is 2.26. The highest BCUT2D eigenvalue weighted by molar-refractivity contribution is 7.99. The molecule has 20 heavy (non-hydrogen) atoms. The van der Waals surface area contributed by atoms with Crippen molar-refractivity contribution in [2.24, 2.45) is 0 Å². The van der Waals surface area contributed by atoms with Crippen LogP contribution < -0.4 is 0 Å². The molecule has 1 heterocycles. The molecule has 3 nitrogen and oxygen atoms in total. The summed E-state index contributed by atoms with van der Waals surface area (Å²) in [7, 11) is 1.54. The van der Waals surface area contributed by atoms with Gasteiger partial charge in [0.25, 0.3) is 5.76 Å². The zero-order valence-corrected chi connectivity index (χ0v) is 12.1. The molecule has 106 valence electrons. The molecule has 0 aliphatic carbocycles. The SMILES string of the molecule is COCc1nc(Cl)cc(-c2ccc(SC(F)F)cc2)n1. The molecule has 0 atom stereocenters. The molecule has 0 bridgehead atoms. The Morgan fingerprint density at radius 3 is 2.55 bits per heavy atom. The standard InChI is InChI=1S/C13H11ClF2N2OS/c1-19-7-12-17-10(6-11(14)18-12)8-2-4-9(5-3-8)20-13(15)16/h2-6,13H,7H2,1H3. The van der Waals surface area contributed by atoms with Gasteiger partial charge in [-0.25, -0.2) is 9.97 Å². The van der Waals surface area contributed by atoms with Crippen molar-refractivity contribution in [3.63, 3.8) is 0 Å². The number of nitrogens with zero attached hydrogens (tertiary/aromatic N) is 2. The van der Waals surface area contributed by atoms with Crippen molar-refractivity contribution >= 4 is 23.4 Å². The fourth-order valence-corrected chi connectivity index (χ4v) is 2.31. The lowest BCUT2D eigenvalue weighted by molar-refractivity contribution is 0.178. The van der Waals surface area contributed by atoms with Gasteiger partial charge >= 0.3 is 0 Å². The van der Waals surface area contributed by atoms with Crippen molar-refractivity contribution in [1.29, 1.82) is 0 Å². The van der Waals surface area contributed by atoms with E-state index >= 15 is 0 Å². The van der Waals surface area contributed by atoms with Gasteiger partial charge in [-0.15, -0.1) is 0 Å². The lowest BCUT2D eigenvalue weighted by atomic mass is 10.1. The zero-order chi connectivity index (χ0) is 14.5. The molecule has 1 aromatic heterocycles. The van der Waals surface area contributed by atoms with Gasteiger partial charge in [0.2, 0.25) is 0 Å². The van der Waals surface area contributed by atoms with E-state index in [1.807, 2.05) is 0 Å². The second kappa shape index (κ2) is 6.97. The molecule has 7 heteroatoms. The number of benzene rings is 1. The number of hydrogen-bond donors (Lipinski definition) is 0. The number of halogens is 3. The fraction of sp³-hybridized carbons (Fsp3) is 0.231. The molecule has 0 aliphatic heterocycles. The topological polar surface area (TPSA) is 35.0 Å². The van der Waals surface area contributed by atoms with Crippen LogP contribution in [0.1, 0.15) is 5.82 Å². The van der Waals surface area contributed by atoms with Gasteiger partial charge < -0.3 is 4.74 Å². The third kappa shape index (κ3) is 4.13. The van der Waals surface area contributed by atoms with E-state index in [0.717, 1.165) is 5.56 Å². The number of hydrogen-bond acceptors (Lipinski definition) is 4. The molecule has 1 aromatic carbocycles. The first-order chi connectivity index (χ1) is 9.58. The lowest BCUT2D eigenvalue weighted by Crippen LogP contribution is -1.98. The van der Waals surface area contributed by atoms with Gasteiger partial charge in [-0.2, -0.15) is 8.78 Å². The summed E-state index contributed by atoms with van der Waals surface area (Å²) in [5.74, 6) is -1.95. The van der Waals surface area contributed by atoms with Gasteiger partial charge in [-0.3, -0.25) is 0 Å². The highest BCUT2D eigenvalue weighted by atomic mass is 35.5. The van der Waals surface area contributed by atoms with Crippen LogP contribution in [0.2, 0.25) is 5.15 Å². The molecule has 0 spiro atoms. The van der Waals surface area contributed by atoms with Crippen molar-refractivity contribution in [2.75, 3.05) is 7.11 Å². The number of methoxy groups -OCH3 is 1. The molecule has 0 N–H and O–H groups in total. The Hall–Kier alpha value is -1.24. The smallest absolute Gasteiger partial charge is 0.288 e. The quantitative estimate of drug-likeness (QED) is 0.610. The minimum atomic E-state index is -2.43. The van der Waals surface area contributed by atoms with Gasteiger partial charge in [0.1, 0.15) is 11.8 Å². The van der Waals surface area contributed by atoms with E-state index in [9.17, 15) is 8.78 Å². The van der Waals surface area contributed by atoms with Crippen LogP contribution in [0.3, 0.4) is 0 Å². The van der Waals surface area contributed by atoms with Crippen LogP contribution in [-0.2, 0) is 11.3 Å². The summed E-state index contributed by atoms with van der Waals surface area (Å²) in [5, 5.41) is 0.313. The Morgan fingerprint density at radius 2 is 1.95 bits per heavy atom. The summed E-state index contributed by atoms with van der Waals surface area (Å²) in [6.45, 7) is 0.257. The summed E-state index contributed by atoms with van der Waals surface area (Å²) < 4.78 is 29.5. The van der Waals surface area contributed by atoms with Crippen molar-refractivity contribution < 1.29 is 13.5 Å². The number of alkyl halides is 2. The fourth-order valence-electron chi connectivity index (χ4n) is 1.61. The monoisotopic (exact) mass is 316 g/mol. The average molecular weight is 317 g/mol. The van der Waals surface area contributed by atoms with Crippen LogP contribution in [0, 0.1) is 0 Å². The number of ether oxygens (including phenoxy) is 1. The Kier molecular flexibility index (Phi) is 5.28. The van der Waals surface area contributed by atoms with Gasteiger partial charge in [-0.05, 0) is 12.1 Å². The first-order valence-corrected chi connectivity index (χ1v) is 6.92. The third-order valence-electron chi connectivity index (χ3n) is 2.39. The van der Waals surface area contributed by atoms with E-state index in [1.54, 1.807) is 37.4 Å². The molecule has 2 rings (SSSR count). The van der Waals surface area contributed by atoms with Crippen molar-refractivity contribution in [3.8, 4) is 11.3 Å². The van der Waals surface area contributed by atoms with Gasteiger partial charge in [0, 0.05) is 23.6 Å².